The van der Waals surface area contributed by atoms with Gasteiger partial charge >= 0.3 is 0 Å². The van der Waals surface area contributed by atoms with Crippen molar-refractivity contribution in [1.29, 1.82) is 0 Å². The Kier molecular flexibility index (Phi) is 7.15. The molecule has 1 aromatic rings. The summed E-state index contributed by atoms with van der Waals surface area (Å²) < 4.78 is 0. The Morgan fingerprint density at radius 1 is 1.43 bits per heavy atom. The second-order valence-corrected chi connectivity index (χ2v) is 5.48. The van der Waals surface area contributed by atoms with Gasteiger partial charge in [-0.25, -0.2) is 0 Å². The standard InChI is InChI=1S/C15H21ClN2O3/c1-3-5-6-11(4-2)10-17-15(19)13-8-7-12(16)9-14(13)18(20)21/h7-9,11H,3-6,10H2,1-2H3,(H,17,19)/t11-/m0/s1. The van der Waals surface area contributed by atoms with Crippen LogP contribution in [0, 0.1) is 16.0 Å². The highest BCUT2D eigenvalue weighted by atomic mass is 35.5. The summed E-state index contributed by atoms with van der Waals surface area (Å²) in [6, 6.07) is 4.07. The molecule has 0 unspecified atom stereocenters. The molecule has 0 saturated carbocycles. The van der Waals surface area contributed by atoms with Crippen molar-refractivity contribution in [1.82, 2.24) is 5.32 Å². The molecule has 0 radical (unpaired) electrons. The normalized spacial score (nSPS) is 12.0. The number of nitrogens with zero attached hydrogens (tertiary/aromatic N) is 1. The van der Waals surface area contributed by atoms with Gasteiger partial charge in [0.1, 0.15) is 5.56 Å². The van der Waals surface area contributed by atoms with Crippen LogP contribution >= 0.6 is 11.6 Å². The average molecular weight is 313 g/mol. The molecule has 0 aliphatic heterocycles. The molecule has 1 atom stereocenters. The lowest BCUT2D eigenvalue weighted by atomic mass is 9.99. The van der Waals surface area contributed by atoms with Crippen LogP contribution in [0.5, 0.6) is 0 Å². The smallest absolute Gasteiger partial charge is 0.283 e. The van der Waals surface area contributed by atoms with Gasteiger partial charge in [0, 0.05) is 17.6 Å². The van der Waals surface area contributed by atoms with Crippen LogP contribution in [0.25, 0.3) is 0 Å². The van der Waals surface area contributed by atoms with E-state index >= 15 is 0 Å². The summed E-state index contributed by atoms with van der Waals surface area (Å²) in [7, 11) is 0. The fourth-order valence-corrected chi connectivity index (χ4v) is 2.29. The quantitative estimate of drug-likeness (QED) is 0.577. The van der Waals surface area contributed by atoms with Gasteiger partial charge in [-0.3, -0.25) is 14.9 Å². The summed E-state index contributed by atoms with van der Waals surface area (Å²) in [5.74, 6) is -0.0198. The predicted molar refractivity (Wildman–Crippen MR) is 83.7 cm³/mol. The van der Waals surface area contributed by atoms with E-state index in [0.717, 1.165) is 25.7 Å². The first-order valence-corrected chi connectivity index (χ1v) is 7.59. The number of hydrogen-bond donors (Lipinski definition) is 1. The summed E-state index contributed by atoms with van der Waals surface area (Å²) in [5.41, 5.74) is -0.212. The molecule has 5 nitrogen and oxygen atoms in total. The van der Waals surface area contributed by atoms with Crippen molar-refractivity contribution in [3.8, 4) is 0 Å². The van der Waals surface area contributed by atoms with Gasteiger partial charge in [0.05, 0.1) is 4.92 Å². The molecule has 0 aromatic heterocycles. The van der Waals surface area contributed by atoms with Crippen LogP contribution in [0.3, 0.4) is 0 Å². The molecule has 1 N–H and O–H groups in total. The molecule has 6 heteroatoms. The number of nitrogens with one attached hydrogen (secondary N) is 1. The van der Waals surface area contributed by atoms with Gasteiger partial charge in [-0.1, -0.05) is 44.7 Å². The highest BCUT2D eigenvalue weighted by molar-refractivity contribution is 6.31. The number of carbonyl (C=O) groups excluding carboxylic acids is 1. The first kappa shape index (κ1) is 17.4. The topological polar surface area (TPSA) is 72.2 Å². The van der Waals surface area contributed by atoms with Crippen LogP contribution < -0.4 is 5.32 Å². The molecule has 1 aromatic carbocycles. The van der Waals surface area contributed by atoms with Crippen LogP contribution in [0.15, 0.2) is 18.2 Å². The Hall–Kier alpha value is -1.62. The van der Waals surface area contributed by atoms with Gasteiger partial charge < -0.3 is 5.32 Å². The molecule has 1 rings (SSSR count). The van der Waals surface area contributed by atoms with Crippen molar-refractivity contribution in [2.45, 2.75) is 39.5 Å². The molecular formula is C15H21ClN2O3. The SMILES string of the molecule is CCCC[C@H](CC)CNC(=O)c1ccc(Cl)cc1[N+](=O)[O-]. The second-order valence-electron chi connectivity index (χ2n) is 5.05. The number of unbranched alkanes of at least 4 members (excludes halogenated alkanes) is 1. The molecule has 0 heterocycles. The molecule has 0 bridgehead atoms. The zero-order chi connectivity index (χ0) is 15.8. The van der Waals surface area contributed by atoms with Crippen LogP contribution in [-0.2, 0) is 0 Å². The largest absolute Gasteiger partial charge is 0.352 e. The summed E-state index contributed by atoms with van der Waals surface area (Å²) in [5, 5.41) is 14.0. The number of nitro benzene ring substituents is 1. The van der Waals surface area contributed by atoms with Gasteiger partial charge in [-0.2, -0.15) is 0 Å². The third-order valence-electron chi connectivity index (χ3n) is 3.50. The van der Waals surface area contributed by atoms with E-state index in [1.54, 1.807) is 0 Å². The van der Waals surface area contributed by atoms with E-state index in [-0.39, 0.29) is 16.3 Å². The highest BCUT2D eigenvalue weighted by Gasteiger charge is 2.20. The van der Waals surface area contributed by atoms with Gasteiger partial charge in [-0.15, -0.1) is 0 Å². The van der Waals surface area contributed by atoms with Crippen LogP contribution in [-0.4, -0.2) is 17.4 Å². The Morgan fingerprint density at radius 2 is 2.14 bits per heavy atom. The van der Waals surface area contributed by atoms with E-state index in [0.29, 0.717) is 12.5 Å². The molecule has 116 valence electrons. The molecule has 21 heavy (non-hydrogen) atoms. The lowest BCUT2D eigenvalue weighted by Gasteiger charge is -2.15. The minimum absolute atomic E-state index is 0.0507. The van der Waals surface area contributed by atoms with E-state index in [1.807, 2.05) is 0 Å². The molecular weight excluding hydrogens is 292 g/mol. The number of carbonyl (C=O) groups is 1. The first-order valence-electron chi connectivity index (χ1n) is 7.21. The van der Waals surface area contributed by atoms with E-state index in [2.05, 4.69) is 19.2 Å². The highest BCUT2D eigenvalue weighted by Crippen LogP contribution is 2.23. The predicted octanol–water partition coefficient (Wildman–Crippen LogP) is 4.19. The third kappa shape index (κ3) is 5.34. The molecule has 0 saturated heterocycles. The number of hydrogen-bond acceptors (Lipinski definition) is 3. The van der Waals surface area contributed by atoms with Crippen LogP contribution in [0.1, 0.15) is 49.9 Å². The Bertz CT molecular complexity index is 506. The van der Waals surface area contributed by atoms with Crippen molar-refractivity contribution in [2.75, 3.05) is 6.54 Å². The van der Waals surface area contributed by atoms with Crippen molar-refractivity contribution in [2.24, 2.45) is 5.92 Å². The number of rotatable bonds is 8. The lowest BCUT2D eigenvalue weighted by molar-refractivity contribution is -0.385. The van der Waals surface area contributed by atoms with Crippen molar-refractivity contribution < 1.29 is 9.72 Å². The van der Waals surface area contributed by atoms with E-state index < -0.39 is 10.8 Å². The monoisotopic (exact) mass is 312 g/mol. The summed E-state index contributed by atoms with van der Waals surface area (Å²) in [6.07, 6.45) is 4.27. The minimum Gasteiger partial charge on any atom is -0.352 e. The van der Waals surface area contributed by atoms with Crippen LogP contribution in [0.4, 0.5) is 5.69 Å². The molecule has 0 spiro atoms. The molecule has 0 fully saturated rings. The first-order chi connectivity index (χ1) is 9.99. The number of halogens is 1. The van der Waals surface area contributed by atoms with Gasteiger partial charge in [-0.05, 0) is 24.5 Å². The Morgan fingerprint density at radius 3 is 2.71 bits per heavy atom. The third-order valence-corrected chi connectivity index (χ3v) is 3.73. The summed E-state index contributed by atoms with van der Waals surface area (Å²) in [4.78, 5) is 22.5. The van der Waals surface area contributed by atoms with Crippen molar-refractivity contribution in [3.63, 3.8) is 0 Å². The molecule has 0 aliphatic carbocycles. The summed E-state index contributed by atoms with van der Waals surface area (Å²) in [6.45, 7) is 4.74. The zero-order valence-corrected chi connectivity index (χ0v) is 13.2. The molecule has 0 aliphatic rings. The van der Waals surface area contributed by atoms with Crippen molar-refractivity contribution >= 4 is 23.2 Å². The second kappa shape index (κ2) is 8.62. The van der Waals surface area contributed by atoms with E-state index in [9.17, 15) is 14.9 Å². The number of nitro groups is 1. The minimum atomic E-state index is -0.588. The fraction of sp³-hybridized carbons (Fsp3) is 0.533. The van der Waals surface area contributed by atoms with Gasteiger partial charge in [0.25, 0.3) is 11.6 Å². The maximum atomic E-state index is 12.1. The summed E-state index contributed by atoms with van der Waals surface area (Å²) >= 11 is 5.74. The van der Waals surface area contributed by atoms with Crippen molar-refractivity contribution in [3.05, 3.63) is 38.9 Å². The maximum Gasteiger partial charge on any atom is 0.283 e. The lowest BCUT2D eigenvalue weighted by Crippen LogP contribution is -2.29. The fourth-order valence-electron chi connectivity index (χ4n) is 2.12. The van der Waals surface area contributed by atoms with E-state index in [4.69, 9.17) is 11.6 Å². The van der Waals surface area contributed by atoms with E-state index in [1.165, 1.54) is 18.2 Å². The zero-order valence-electron chi connectivity index (χ0n) is 12.4. The maximum absolute atomic E-state index is 12.1. The average Bonchev–Trinajstić information content (AvgIpc) is 2.47. The Labute approximate surface area is 129 Å². The Balaban J connectivity index is 2.73. The van der Waals surface area contributed by atoms with Gasteiger partial charge in [0.2, 0.25) is 0 Å². The number of benzene rings is 1. The molecule has 1 amide bonds. The van der Waals surface area contributed by atoms with Crippen LogP contribution in [0.2, 0.25) is 5.02 Å². The number of amides is 1. The van der Waals surface area contributed by atoms with Gasteiger partial charge in [0.15, 0.2) is 0 Å².